The van der Waals surface area contributed by atoms with E-state index in [1.807, 2.05) is 32.0 Å². The highest BCUT2D eigenvalue weighted by atomic mass is 32.2. The van der Waals surface area contributed by atoms with E-state index >= 15 is 0 Å². The third-order valence-corrected chi connectivity index (χ3v) is 3.63. The lowest BCUT2D eigenvalue weighted by Gasteiger charge is -2.13. The van der Waals surface area contributed by atoms with Crippen molar-refractivity contribution in [1.29, 1.82) is 0 Å². The van der Waals surface area contributed by atoms with Crippen LogP contribution in [0.3, 0.4) is 0 Å². The van der Waals surface area contributed by atoms with Crippen LogP contribution in [0.15, 0.2) is 23.1 Å². The lowest BCUT2D eigenvalue weighted by Crippen LogP contribution is -2.14. The second-order valence-electron chi connectivity index (χ2n) is 3.51. The smallest absolute Gasteiger partial charge is 0.316 e. The van der Waals surface area contributed by atoms with Crippen LogP contribution in [0, 0.1) is 6.92 Å². The maximum atomic E-state index is 11.0. The number of carboxylic acids is 1. The predicted molar refractivity (Wildman–Crippen MR) is 65.3 cm³/mol. The molecule has 1 atom stereocenters. The number of hydrogen-bond acceptors (Lipinski definition) is 3. The van der Waals surface area contributed by atoms with Crippen LogP contribution < -0.4 is 4.74 Å². The average molecular weight is 240 g/mol. The molecule has 0 saturated heterocycles. The van der Waals surface area contributed by atoms with Gasteiger partial charge in [-0.05, 0) is 31.0 Å². The number of methoxy groups -OCH3 is 1. The molecule has 0 radical (unpaired) electrons. The van der Waals surface area contributed by atoms with Gasteiger partial charge in [-0.25, -0.2) is 0 Å². The van der Waals surface area contributed by atoms with E-state index in [1.165, 1.54) is 11.8 Å². The van der Waals surface area contributed by atoms with Crippen molar-refractivity contribution in [3.8, 4) is 5.75 Å². The number of aryl methyl sites for hydroxylation is 1. The van der Waals surface area contributed by atoms with Gasteiger partial charge in [0.2, 0.25) is 0 Å². The Kier molecular flexibility index (Phi) is 4.68. The third kappa shape index (κ3) is 3.17. The minimum absolute atomic E-state index is 0.421. The summed E-state index contributed by atoms with van der Waals surface area (Å²) in [7, 11) is 1.59. The summed E-state index contributed by atoms with van der Waals surface area (Å²) in [6.07, 6.45) is 0.594. The van der Waals surface area contributed by atoms with E-state index < -0.39 is 11.2 Å². The molecular formula is C12H16O3S. The fourth-order valence-electron chi connectivity index (χ4n) is 1.34. The van der Waals surface area contributed by atoms with Crippen molar-refractivity contribution in [1.82, 2.24) is 0 Å². The Hall–Kier alpha value is -1.16. The first kappa shape index (κ1) is 12.9. The van der Waals surface area contributed by atoms with E-state index in [1.54, 1.807) is 7.11 Å². The number of rotatable bonds is 5. The van der Waals surface area contributed by atoms with E-state index in [0.717, 1.165) is 16.2 Å². The fourth-order valence-corrected chi connectivity index (χ4v) is 2.43. The van der Waals surface area contributed by atoms with Gasteiger partial charge in [0.1, 0.15) is 11.0 Å². The molecule has 0 spiro atoms. The van der Waals surface area contributed by atoms with Gasteiger partial charge in [-0.1, -0.05) is 13.0 Å². The molecule has 0 bridgehead atoms. The fraction of sp³-hybridized carbons (Fsp3) is 0.417. The molecule has 0 amide bonds. The van der Waals surface area contributed by atoms with E-state index in [9.17, 15) is 4.79 Å². The van der Waals surface area contributed by atoms with Crippen LogP contribution in [0.25, 0.3) is 0 Å². The summed E-state index contributed by atoms with van der Waals surface area (Å²) in [6.45, 7) is 3.85. The van der Waals surface area contributed by atoms with Crippen LogP contribution in [-0.2, 0) is 4.79 Å². The summed E-state index contributed by atoms with van der Waals surface area (Å²) in [4.78, 5) is 11.8. The van der Waals surface area contributed by atoms with Crippen molar-refractivity contribution >= 4 is 17.7 Å². The molecule has 0 aromatic heterocycles. The number of carbonyl (C=O) groups is 1. The topological polar surface area (TPSA) is 46.5 Å². The number of ether oxygens (including phenoxy) is 1. The molecule has 1 N–H and O–H groups in total. The lowest BCUT2D eigenvalue weighted by atomic mass is 10.2. The van der Waals surface area contributed by atoms with Gasteiger partial charge >= 0.3 is 5.97 Å². The zero-order chi connectivity index (χ0) is 12.1. The van der Waals surface area contributed by atoms with Crippen LogP contribution in [0.4, 0.5) is 0 Å². The van der Waals surface area contributed by atoms with Gasteiger partial charge in [-0.2, -0.15) is 0 Å². The molecule has 0 aliphatic rings. The monoisotopic (exact) mass is 240 g/mol. The number of carboxylic acid groups (broad SMARTS) is 1. The van der Waals surface area contributed by atoms with E-state index in [4.69, 9.17) is 9.84 Å². The van der Waals surface area contributed by atoms with Crippen LogP contribution >= 0.6 is 11.8 Å². The Morgan fingerprint density at radius 2 is 2.25 bits per heavy atom. The Morgan fingerprint density at radius 1 is 1.56 bits per heavy atom. The molecule has 88 valence electrons. The summed E-state index contributed by atoms with van der Waals surface area (Å²) in [5.41, 5.74) is 1.10. The first-order chi connectivity index (χ1) is 7.58. The summed E-state index contributed by atoms with van der Waals surface area (Å²) in [5.74, 6) is -0.0497. The Balaban J connectivity index is 2.93. The summed E-state index contributed by atoms with van der Waals surface area (Å²) in [5, 5.41) is 8.59. The first-order valence-electron chi connectivity index (χ1n) is 5.12. The Morgan fingerprint density at radius 3 is 2.75 bits per heavy atom. The molecule has 16 heavy (non-hydrogen) atoms. The molecular weight excluding hydrogens is 224 g/mol. The summed E-state index contributed by atoms with van der Waals surface area (Å²) < 4.78 is 5.21. The zero-order valence-electron chi connectivity index (χ0n) is 9.69. The van der Waals surface area contributed by atoms with E-state index in [-0.39, 0.29) is 0 Å². The maximum Gasteiger partial charge on any atom is 0.316 e. The molecule has 0 aliphatic heterocycles. The van der Waals surface area contributed by atoms with Gasteiger partial charge in [0.05, 0.1) is 12.0 Å². The summed E-state index contributed by atoms with van der Waals surface area (Å²) in [6, 6.07) is 5.77. The first-order valence-corrected chi connectivity index (χ1v) is 6.00. The van der Waals surface area contributed by atoms with Crippen molar-refractivity contribution in [3.63, 3.8) is 0 Å². The zero-order valence-corrected chi connectivity index (χ0v) is 10.5. The Labute approximate surface area is 99.8 Å². The molecule has 0 fully saturated rings. The normalized spacial score (nSPS) is 12.2. The molecule has 0 heterocycles. The number of aliphatic carboxylic acids is 1. The van der Waals surface area contributed by atoms with Gasteiger partial charge in [-0.3, -0.25) is 4.79 Å². The average Bonchev–Trinajstić information content (AvgIpc) is 2.25. The SMILES string of the molecule is CCC(Sc1cc(C)ccc1OC)C(=O)O. The van der Waals surface area contributed by atoms with Gasteiger partial charge in [0.25, 0.3) is 0 Å². The largest absolute Gasteiger partial charge is 0.496 e. The van der Waals surface area contributed by atoms with Crippen molar-refractivity contribution in [3.05, 3.63) is 23.8 Å². The molecule has 1 rings (SSSR count). The highest BCUT2D eigenvalue weighted by molar-refractivity contribution is 8.00. The van der Waals surface area contributed by atoms with E-state index in [2.05, 4.69) is 0 Å². The predicted octanol–water partition coefficient (Wildman–Crippen LogP) is 2.96. The van der Waals surface area contributed by atoms with Crippen LogP contribution in [0.1, 0.15) is 18.9 Å². The number of hydrogen-bond donors (Lipinski definition) is 1. The molecule has 1 aromatic carbocycles. The maximum absolute atomic E-state index is 11.0. The van der Waals surface area contributed by atoms with E-state index in [0.29, 0.717) is 6.42 Å². The standard InChI is InChI=1S/C12H16O3S/c1-4-10(12(13)14)16-11-7-8(2)5-6-9(11)15-3/h5-7,10H,4H2,1-3H3,(H,13,14). The molecule has 1 aromatic rings. The van der Waals surface area contributed by atoms with Gasteiger partial charge in [-0.15, -0.1) is 11.8 Å². The minimum atomic E-state index is -0.781. The number of benzene rings is 1. The van der Waals surface area contributed by atoms with Crippen molar-refractivity contribution in [2.45, 2.75) is 30.4 Å². The van der Waals surface area contributed by atoms with Crippen LogP contribution in [0.2, 0.25) is 0 Å². The third-order valence-electron chi connectivity index (χ3n) is 2.23. The minimum Gasteiger partial charge on any atom is -0.496 e. The van der Waals surface area contributed by atoms with Crippen molar-refractivity contribution in [2.24, 2.45) is 0 Å². The second kappa shape index (κ2) is 5.80. The highest BCUT2D eigenvalue weighted by Crippen LogP contribution is 2.34. The van der Waals surface area contributed by atoms with Gasteiger partial charge in [0.15, 0.2) is 0 Å². The lowest BCUT2D eigenvalue weighted by molar-refractivity contribution is -0.136. The van der Waals surface area contributed by atoms with Crippen LogP contribution in [0.5, 0.6) is 5.75 Å². The molecule has 3 nitrogen and oxygen atoms in total. The molecule has 4 heteroatoms. The number of thioether (sulfide) groups is 1. The van der Waals surface area contributed by atoms with Crippen molar-refractivity contribution < 1.29 is 14.6 Å². The highest BCUT2D eigenvalue weighted by Gasteiger charge is 2.18. The van der Waals surface area contributed by atoms with Crippen LogP contribution in [-0.4, -0.2) is 23.4 Å². The Bertz CT molecular complexity index is 377. The summed E-state index contributed by atoms with van der Waals surface area (Å²) >= 11 is 1.34. The van der Waals surface area contributed by atoms with Crippen molar-refractivity contribution in [2.75, 3.05) is 7.11 Å². The van der Waals surface area contributed by atoms with Gasteiger partial charge < -0.3 is 9.84 Å². The van der Waals surface area contributed by atoms with Gasteiger partial charge in [0, 0.05) is 0 Å². The quantitative estimate of drug-likeness (QED) is 0.804. The molecule has 1 unspecified atom stereocenters. The molecule has 0 aliphatic carbocycles. The second-order valence-corrected chi connectivity index (χ2v) is 4.75. The molecule has 0 saturated carbocycles.